The van der Waals surface area contributed by atoms with E-state index < -0.39 is 0 Å². The number of rotatable bonds is 1. The number of ether oxygens (including phenoxy) is 1. The van der Waals surface area contributed by atoms with Crippen molar-refractivity contribution in [2.24, 2.45) is 0 Å². The van der Waals surface area contributed by atoms with Gasteiger partial charge >= 0.3 is 0 Å². The van der Waals surface area contributed by atoms with Crippen molar-refractivity contribution in [1.82, 2.24) is 0 Å². The van der Waals surface area contributed by atoms with Crippen LogP contribution in [0.4, 0.5) is 0 Å². The molecule has 0 N–H and O–H groups in total. The predicted molar refractivity (Wildman–Crippen MR) is 58.8 cm³/mol. The fourth-order valence-electron chi connectivity index (χ4n) is 0.678. The van der Waals surface area contributed by atoms with Crippen molar-refractivity contribution < 1.29 is 4.74 Å². The summed E-state index contributed by atoms with van der Waals surface area (Å²) in [4.78, 5) is 0. The van der Waals surface area contributed by atoms with Gasteiger partial charge < -0.3 is 4.74 Å². The van der Waals surface area contributed by atoms with Crippen molar-refractivity contribution in [3.8, 4) is 5.75 Å². The van der Waals surface area contributed by atoms with E-state index in [-0.39, 0.29) is 0 Å². The minimum Gasteiger partial charge on any atom is -0.494 e. The summed E-state index contributed by atoms with van der Waals surface area (Å²) in [5, 5.41) is 1.07. The molecule has 0 fully saturated rings. The Morgan fingerprint density at radius 3 is 1.83 bits per heavy atom. The molecule has 0 saturated heterocycles. The Labute approximate surface area is 89.7 Å². The van der Waals surface area contributed by atoms with E-state index in [1.54, 1.807) is 18.2 Å². The molecule has 0 saturated carbocycles. The Kier molecular flexibility index (Phi) is 6.66. The number of hydrogen-bond acceptors (Lipinski definition) is 1. The van der Waals surface area contributed by atoms with E-state index in [2.05, 4.69) is 0 Å². The maximum atomic E-state index is 5.72. The van der Waals surface area contributed by atoms with Gasteiger partial charge in [0.25, 0.3) is 0 Å². The van der Waals surface area contributed by atoms with Gasteiger partial charge in [0.05, 0.1) is 17.2 Å². The fraction of sp³-hybridized carbons (Fsp3) is 0.143. The van der Waals surface area contributed by atoms with Crippen molar-refractivity contribution in [1.29, 1.82) is 0 Å². The highest BCUT2D eigenvalue weighted by Crippen LogP contribution is 2.31. The van der Waals surface area contributed by atoms with Crippen LogP contribution in [0.25, 0.3) is 0 Å². The Hall–Kier alpha value is 0.107. The molecule has 0 unspecified atom stereocenters. The third kappa shape index (κ3) is 3.23. The van der Waals surface area contributed by atoms with E-state index >= 15 is 0 Å². The third-order valence-electron chi connectivity index (χ3n) is 1.12. The minimum atomic E-state index is 0.533. The van der Waals surface area contributed by atoms with Crippen LogP contribution in [-0.2, 0) is 0 Å². The Morgan fingerprint density at radius 1 is 1.17 bits per heavy atom. The van der Waals surface area contributed by atoms with Gasteiger partial charge in [0, 0.05) is 0 Å². The number of para-hydroxylation sites is 1. The first-order valence-corrected chi connectivity index (χ1v) is 6.89. The molecule has 0 radical (unpaired) electrons. The van der Waals surface area contributed by atoms with Crippen LogP contribution in [0.1, 0.15) is 0 Å². The number of methoxy groups -OCH3 is 1. The summed E-state index contributed by atoms with van der Waals surface area (Å²) in [5.41, 5.74) is 0. The first-order valence-electron chi connectivity index (χ1n) is 3.11. The van der Waals surface area contributed by atoms with Gasteiger partial charge in [-0.15, -0.1) is 0 Å². The molecule has 1 rings (SSSR count). The SMILES string of the molecule is COc1c(Cl)cccc1Cl.[SiH3]Cl. The molecule has 1 aromatic carbocycles. The average molecular weight is 244 g/mol. The lowest BCUT2D eigenvalue weighted by atomic mass is 10.3. The van der Waals surface area contributed by atoms with E-state index in [4.69, 9.17) is 39.0 Å². The minimum absolute atomic E-state index is 0.533. The lowest BCUT2D eigenvalue weighted by Crippen LogP contribution is -1.83. The molecule has 0 aliphatic carbocycles. The molecule has 0 spiro atoms. The van der Waals surface area contributed by atoms with Crippen molar-refractivity contribution >= 4 is 43.8 Å². The van der Waals surface area contributed by atoms with Gasteiger partial charge in [-0.1, -0.05) is 29.3 Å². The fourth-order valence-corrected chi connectivity index (χ4v) is 1.23. The molecule has 1 nitrogen and oxygen atoms in total. The van der Waals surface area contributed by atoms with Crippen molar-refractivity contribution in [2.75, 3.05) is 7.11 Å². The molecule has 0 aromatic heterocycles. The first-order chi connectivity index (χ1) is 5.75. The van der Waals surface area contributed by atoms with E-state index in [0.29, 0.717) is 15.8 Å². The quantitative estimate of drug-likeness (QED) is 0.544. The lowest BCUT2D eigenvalue weighted by Gasteiger charge is -2.02. The van der Waals surface area contributed by atoms with Gasteiger partial charge in [-0.05, 0) is 12.1 Å². The summed E-state index contributed by atoms with van der Waals surface area (Å²) in [6, 6.07) is 5.23. The van der Waals surface area contributed by atoms with Crippen LogP contribution < -0.4 is 4.74 Å². The molecular formula is C7H9Cl3OSi. The smallest absolute Gasteiger partial charge is 0.156 e. The summed E-state index contributed by atoms with van der Waals surface area (Å²) >= 11 is 16.2. The standard InChI is InChI=1S/C7H6Cl2O.ClH3Si/c1-10-7-5(8)3-2-4-6(7)9;1-2/h2-4H,1H3;2H3. The van der Waals surface area contributed by atoms with E-state index in [9.17, 15) is 0 Å². The van der Waals surface area contributed by atoms with Crippen LogP contribution in [0, 0.1) is 0 Å². The van der Waals surface area contributed by atoms with Gasteiger partial charge in [0.15, 0.2) is 5.75 Å². The Morgan fingerprint density at radius 2 is 1.58 bits per heavy atom. The molecule has 0 aliphatic rings. The Bertz CT molecular complexity index is 222. The topological polar surface area (TPSA) is 9.23 Å². The average Bonchev–Trinajstić information content (AvgIpc) is 2.08. The lowest BCUT2D eigenvalue weighted by molar-refractivity contribution is 0.415. The van der Waals surface area contributed by atoms with Gasteiger partial charge in [-0.3, -0.25) is 0 Å². The second-order valence-electron chi connectivity index (χ2n) is 1.75. The highest BCUT2D eigenvalue weighted by atomic mass is 35.6. The second-order valence-corrected chi connectivity index (χ2v) is 2.57. The maximum absolute atomic E-state index is 5.72. The van der Waals surface area contributed by atoms with Crippen LogP contribution in [-0.4, -0.2) is 16.7 Å². The van der Waals surface area contributed by atoms with Gasteiger partial charge in [-0.2, -0.15) is 11.1 Å². The molecule has 0 aliphatic heterocycles. The first kappa shape index (κ1) is 12.1. The molecule has 68 valence electrons. The van der Waals surface area contributed by atoms with Crippen molar-refractivity contribution in [2.45, 2.75) is 0 Å². The summed E-state index contributed by atoms with van der Waals surface area (Å²) in [7, 11) is 2.31. The van der Waals surface area contributed by atoms with Crippen LogP contribution in [0.2, 0.25) is 10.0 Å². The molecule has 0 amide bonds. The van der Waals surface area contributed by atoms with Gasteiger partial charge in [0.1, 0.15) is 9.55 Å². The monoisotopic (exact) mass is 242 g/mol. The maximum Gasteiger partial charge on any atom is 0.156 e. The molecule has 12 heavy (non-hydrogen) atoms. The number of hydrogen-bond donors (Lipinski definition) is 0. The zero-order valence-electron chi connectivity index (χ0n) is 6.77. The third-order valence-corrected chi connectivity index (χ3v) is 1.72. The van der Waals surface area contributed by atoms with Crippen molar-refractivity contribution in [3.63, 3.8) is 0 Å². The van der Waals surface area contributed by atoms with Crippen LogP contribution in [0.3, 0.4) is 0 Å². The Balaban J connectivity index is 0.000000561. The highest BCUT2D eigenvalue weighted by Gasteiger charge is 2.02. The largest absolute Gasteiger partial charge is 0.494 e. The summed E-state index contributed by atoms with van der Waals surface area (Å²) in [6.07, 6.45) is 0. The summed E-state index contributed by atoms with van der Waals surface area (Å²) in [5.74, 6) is 0.533. The van der Waals surface area contributed by atoms with Crippen molar-refractivity contribution in [3.05, 3.63) is 28.2 Å². The molecule has 0 heterocycles. The van der Waals surface area contributed by atoms with E-state index in [0.717, 1.165) is 9.55 Å². The summed E-state index contributed by atoms with van der Waals surface area (Å²) in [6.45, 7) is 0. The van der Waals surface area contributed by atoms with E-state index in [1.807, 2.05) is 0 Å². The summed E-state index contributed by atoms with van der Waals surface area (Å²) < 4.78 is 4.91. The van der Waals surface area contributed by atoms with E-state index in [1.165, 1.54) is 7.11 Å². The van der Waals surface area contributed by atoms with Gasteiger partial charge in [0.2, 0.25) is 0 Å². The zero-order chi connectivity index (χ0) is 9.56. The van der Waals surface area contributed by atoms with Crippen LogP contribution >= 0.6 is 34.3 Å². The van der Waals surface area contributed by atoms with Gasteiger partial charge in [-0.25, -0.2) is 0 Å². The second kappa shape index (κ2) is 6.60. The van der Waals surface area contributed by atoms with Crippen LogP contribution in [0.15, 0.2) is 18.2 Å². The predicted octanol–water partition coefficient (Wildman–Crippen LogP) is 2.51. The highest BCUT2D eigenvalue weighted by molar-refractivity contribution is 6.80. The molecule has 0 atom stereocenters. The zero-order valence-corrected chi connectivity index (χ0v) is 11.0. The molecule has 0 bridgehead atoms. The molecular weight excluding hydrogens is 235 g/mol. The molecule has 5 heteroatoms. The normalized spacial score (nSPS) is 8.67. The number of halogens is 3. The molecule has 1 aromatic rings. The van der Waals surface area contributed by atoms with Crippen LogP contribution in [0.5, 0.6) is 5.75 Å². The number of benzene rings is 1.